The van der Waals surface area contributed by atoms with Crippen molar-refractivity contribution < 1.29 is 18.8 Å². The van der Waals surface area contributed by atoms with Crippen LogP contribution in [0.15, 0.2) is 48.5 Å². The van der Waals surface area contributed by atoms with Gasteiger partial charge in [0, 0.05) is 18.7 Å². The standard InChI is InChI=1S/C22H22FN3O3/c23-17-7-3-15(4-8-17)16-5-9-18(10-6-16)24-19(27)11-14-26-20(28)22(25-21(26)29)12-1-2-13-22/h3-10H,1-2,11-14H2,(H,24,27)(H,25,29). The monoisotopic (exact) mass is 395 g/mol. The number of hydrogen-bond acceptors (Lipinski definition) is 3. The quantitative estimate of drug-likeness (QED) is 0.758. The van der Waals surface area contributed by atoms with E-state index < -0.39 is 11.6 Å². The van der Waals surface area contributed by atoms with Gasteiger partial charge in [0.25, 0.3) is 5.91 Å². The highest BCUT2D eigenvalue weighted by molar-refractivity contribution is 6.07. The van der Waals surface area contributed by atoms with Gasteiger partial charge in [0.05, 0.1) is 0 Å². The Hall–Kier alpha value is -3.22. The van der Waals surface area contributed by atoms with Crippen molar-refractivity contribution in [1.29, 1.82) is 0 Å². The molecule has 1 saturated heterocycles. The fraction of sp³-hybridized carbons (Fsp3) is 0.318. The summed E-state index contributed by atoms with van der Waals surface area (Å²) in [5.41, 5.74) is 1.65. The molecular formula is C22H22FN3O3. The van der Waals surface area contributed by atoms with E-state index in [4.69, 9.17) is 0 Å². The van der Waals surface area contributed by atoms with Crippen LogP contribution < -0.4 is 10.6 Å². The van der Waals surface area contributed by atoms with E-state index in [1.165, 1.54) is 12.1 Å². The van der Waals surface area contributed by atoms with Gasteiger partial charge in [-0.2, -0.15) is 0 Å². The highest BCUT2D eigenvalue weighted by atomic mass is 19.1. The molecule has 4 amide bonds. The largest absolute Gasteiger partial charge is 0.326 e. The maximum atomic E-state index is 13.0. The second kappa shape index (κ2) is 7.66. The molecule has 2 aromatic carbocycles. The van der Waals surface area contributed by atoms with Crippen LogP contribution in [0.3, 0.4) is 0 Å². The Morgan fingerprint density at radius 1 is 1.00 bits per heavy atom. The summed E-state index contributed by atoms with van der Waals surface area (Å²) in [6.45, 7) is 0.0614. The van der Waals surface area contributed by atoms with Gasteiger partial charge in [-0.3, -0.25) is 14.5 Å². The molecule has 0 unspecified atom stereocenters. The molecule has 1 aliphatic carbocycles. The summed E-state index contributed by atoms with van der Waals surface area (Å²) in [6, 6.07) is 13.0. The van der Waals surface area contributed by atoms with Crippen LogP contribution >= 0.6 is 0 Å². The minimum atomic E-state index is -0.746. The Morgan fingerprint density at radius 2 is 1.59 bits per heavy atom. The number of amides is 4. The molecular weight excluding hydrogens is 373 g/mol. The lowest BCUT2D eigenvalue weighted by atomic mass is 9.98. The van der Waals surface area contributed by atoms with E-state index in [2.05, 4.69) is 10.6 Å². The third kappa shape index (κ3) is 3.85. The molecule has 6 nitrogen and oxygen atoms in total. The number of halogens is 1. The van der Waals surface area contributed by atoms with Crippen molar-refractivity contribution in [1.82, 2.24) is 10.2 Å². The molecule has 2 aromatic rings. The minimum Gasteiger partial charge on any atom is -0.326 e. The molecule has 0 atom stereocenters. The molecule has 0 radical (unpaired) electrons. The zero-order chi connectivity index (χ0) is 20.4. The average molecular weight is 395 g/mol. The van der Waals surface area contributed by atoms with Crippen molar-refractivity contribution in [3.05, 3.63) is 54.3 Å². The molecule has 2 aliphatic rings. The number of imide groups is 1. The summed E-state index contributed by atoms with van der Waals surface area (Å²) < 4.78 is 13.0. The van der Waals surface area contributed by atoms with Crippen LogP contribution in [0.25, 0.3) is 11.1 Å². The Balaban J connectivity index is 1.32. The van der Waals surface area contributed by atoms with E-state index in [1.807, 2.05) is 12.1 Å². The summed E-state index contributed by atoms with van der Waals surface area (Å²) in [5.74, 6) is -0.773. The minimum absolute atomic E-state index is 0.0367. The van der Waals surface area contributed by atoms with Crippen molar-refractivity contribution in [3.8, 4) is 11.1 Å². The highest BCUT2D eigenvalue weighted by Crippen LogP contribution is 2.35. The Bertz CT molecular complexity index is 935. The topological polar surface area (TPSA) is 78.5 Å². The van der Waals surface area contributed by atoms with E-state index in [0.29, 0.717) is 18.5 Å². The number of rotatable bonds is 5. The lowest BCUT2D eigenvalue weighted by Gasteiger charge is -2.19. The SMILES string of the molecule is O=C(CCN1C(=O)NC2(CCCC2)C1=O)Nc1ccc(-c2ccc(F)cc2)cc1. The first-order valence-electron chi connectivity index (χ1n) is 9.77. The van der Waals surface area contributed by atoms with Crippen molar-refractivity contribution >= 4 is 23.5 Å². The van der Waals surface area contributed by atoms with Crippen LogP contribution in [0, 0.1) is 5.82 Å². The van der Waals surface area contributed by atoms with Gasteiger partial charge in [0.1, 0.15) is 11.4 Å². The second-order valence-corrected chi connectivity index (χ2v) is 7.56. The molecule has 0 aromatic heterocycles. The smallest absolute Gasteiger partial charge is 0.325 e. The van der Waals surface area contributed by atoms with Crippen molar-refractivity contribution in [2.75, 3.05) is 11.9 Å². The molecule has 29 heavy (non-hydrogen) atoms. The zero-order valence-electron chi connectivity index (χ0n) is 15.9. The van der Waals surface area contributed by atoms with E-state index >= 15 is 0 Å². The number of hydrogen-bond donors (Lipinski definition) is 2. The summed E-state index contributed by atoms with van der Waals surface area (Å²) in [7, 11) is 0. The van der Waals surface area contributed by atoms with Gasteiger partial charge in [0.2, 0.25) is 5.91 Å². The van der Waals surface area contributed by atoms with E-state index in [1.54, 1.807) is 24.3 Å². The molecule has 2 fully saturated rings. The maximum absolute atomic E-state index is 13.0. The first kappa shape index (κ1) is 19.1. The summed E-state index contributed by atoms with van der Waals surface area (Å²) in [4.78, 5) is 38.2. The predicted molar refractivity (Wildman–Crippen MR) is 107 cm³/mol. The van der Waals surface area contributed by atoms with Crippen molar-refractivity contribution in [2.24, 2.45) is 0 Å². The Morgan fingerprint density at radius 3 is 2.21 bits per heavy atom. The summed E-state index contributed by atoms with van der Waals surface area (Å²) >= 11 is 0. The van der Waals surface area contributed by atoms with Gasteiger partial charge in [-0.1, -0.05) is 37.1 Å². The molecule has 4 rings (SSSR count). The maximum Gasteiger partial charge on any atom is 0.325 e. The number of carbonyl (C=O) groups is 3. The van der Waals surface area contributed by atoms with Crippen LogP contribution in [0.4, 0.5) is 14.9 Å². The van der Waals surface area contributed by atoms with Crippen molar-refractivity contribution in [2.45, 2.75) is 37.6 Å². The van der Waals surface area contributed by atoms with E-state index in [0.717, 1.165) is 28.9 Å². The average Bonchev–Trinajstić information content (AvgIpc) is 3.27. The molecule has 1 aliphatic heterocycles. The Kier molecular flexibility index (Phi) is 5.05. The molecule has 0 bridgehead atoms. The number of benzene rings is 2. The fourth-order valence-electron chi connectivity index (χ4n) is 4.02. The molecule has 150 valence electrons. The number of urea groups is 1. The van der Waals surface area contributed by atoms with E-state index in [9.17, 15) is 18.8 Å². The zero-order valence-corrected chi connectivity index (χ0v) is 15.9. The van der Waals surface area contributed by atoms with E-state index in [-0.39, 0.29) is 30.6 Å². The van der Waals surface area contributed by atoms with Gasteiger partial charge in [-0.15, -0.1) is 0 Å². The van der Waals surface area contributed by atoms with Crippen LogP contribution in [-0.4, -0.2) is 34.8 Å². The number of nitrogens with one attached hydrogen (secondary N) is 2. The molecule has 1 saturated carbocycles. The molecule has 1 spiro atoms. The fourth-order valence-corrected chi connectivity index (χ4v) is 4.02. The number of nitrogens with zero attached hydrogens (tertiary/aromatic N) is 1. The highest BCUT2D eigenvalue weighted by Gasteiger charge is 2.52. The molecule has 7 heteroatoms. The lowest BCUT2D eigenvalue weighted by molar-refractivity contribution is -0.131. The lowest BCUT2D eigenvalue weighted by Crippen LogP contribution is -2.44. The summed E-state index contributed by atoms with van der Waals surface area (Å²) in [6.07, 6.45) is 3.22. The first-order chi connectivity index (χ1) is 14.0. The van der Waals surface area contributed by atoms with Crippen molar-refractivity contribution in [3.63, 3.8) is 0 Å². The normalized spacial score (nSPS) is 17.6. The summed E-state index contributed by atoms with van der Waals surface area (Å²) in [5, 5.41) is 5.59. The Labute approximate surface area is 168 Å². The van der Waals surface area contributed by atoms with Crippen LogP contribution in [0.1, 0.15) is 32.1 Å². The number of anilines is 1. The first-order valence-corrected chi connectivity index (χ1v) is 9.77. The van der Waals surface area contributed by atoms with Crippen LogP contribution in [-0.2, 0) is 9.59 Å². The van der Waals surface area contributed by atoms with Gasteiger partial charge in [-0.25, -0.2) is 9.18 Å². The predicted octanol–water partition coefficient (Wildman–Crippen LogP) is 3.69. The second-order valence-electron chi connectivity index (χ2n) is 7.56. The van der Waals surface area contributed by atoms with Gasteiger partial charge in [-0.05, 0) is 48.2 Å². The molecule has 1 heterocycles. The molecule has 2 N–H and O–H groups in total. The third-order valence-corrected chi connectivity index (χ3v) is 5.61. The van der Waals surface area contributed by atoms with Gasteiger partial charge < -0.3 is 10.6 Å². The van der Waals surface area contributed by atoms with Crippen LogP contribution in [0.5, 0.6) is 0 Å². The van der Waals surface area contributed by atoms with Crippen LogP contribution in [0.2, 0.25) is 0 Å². The number of carbonyl (C=O) groups excluding carboxylic acids is 3. The van der Waals surface area contributed by atoms with Gasteiger partial charge in [0.15, 0.2) is 0 Å². The third-order valence-electron chi connectivity index (χ3n) is 5.61. The van der Waals surface area contributed by atoms with Gasteiger partial charge >= 0.3 is 6.03 Å².